The van der Waals surface area contributed by atoms with Crippen molar-refractivity contribution in [2.24, 2.45) is 0 Å². The molecule has 7 heteroatoms. The maximum Gasteiger partial charge on any atom is 0.295 e. The zero-order chi connectivity index (χ0) is 22.0. The molecule has 1 amide bonds. The highest BCUT2D eigenvalue weighted by Gasteiger charge is 2.47. The Kier molecular flexibility index (Phi) is 5.95. The van der Waals surface area contributed by atoms with Crippen molar-refractivity contribution in [1.82, 2.24) is 4.90 Å². The van der Waals surface area contributed by atoms with E-state index < -0.39 is 17.7 Å². The summed E-state index contributed by atoms with van der Waals surface area (Å²) in [5.74, 6) is -0.342. The summed E-state index contributed by atoms with van der Waals surface area (Å²) in [5, 5.41) is 11.1. The molecule has 31 heavy (non-hydrogen) atoms. The zero-order valence-electron chi connectivity index (χ0n) is 17.5. The summed E-state index contributed by atoms with van der Waals surface area (Å²) in [6, 6.07) is 13.2. The van der Waals surface area contributed by atoms with Crippen LogP contribution in [0.5, 0.6) is 11.5 Å². The fourth-order valence-corrected chi connectivity index (χ4v) is 4.14. The lowest BCUT2D eigenvalue weighted by Crippen LogP contribution is -2.36. The molecular formula is C24H25NO6. The molecule has 4 rings (SSSR count). The van der Waals surface area contributed by atoms with Gasteiger partial charge < -0.3 is 24.2 Å². The van der Waals surface area contributed by atoms with Crippen LogP contribution in [0.15, 0.2) is 54.1 Å². The summed E-state index contributed by atoms with van der Waals surface area (Å²) in [6.45, 7) is 0.927. The first kappa shape index (κ1) is 20.9. The van der Waals surface area contributed by atoms with Crippen molar-refractivity contribution in [3.8, 4) is 11.5 Å². The monoisotopic (exact) mass is 423 g/mol. The van der Waals surface area contributed by atoms with Crippen molar-refractivity contribution in [3.63, 3.8) is 0 Å². The fraction of sp³-hybridized carbons (Fsp3) is 0.333. The largest absolute Gasteiger partial charge is 0.507 e. The van der Waals surface area contributed by atoms with Crippen LogP contribution < -0.4 is 9.47 Å². The van der Waals surface area contributed by atoms with Gasteiger partial charge in [-0.1, -0.05) is 12.1 Å². The fourth-order valence-electron chi connectivity index (χ4n) is 4.14. The van der Waals surface area contributed by atoms with E-state index in [-0.39, 0.29) is 24.0 Å². The molecule has 0 bridgehead atoms. The van der Waals surface area contributed by atoms with E-state index in [2.05, 4.69) is 0 Å². The highest BCUT2D eigenvalue weighted by atomic mass is 16.5. The number of rotatable bonds is 6. The predicted molar refractivity (Wildman–Crippen MR) is 114 cm³/mol. The molecule has 2 fully saturated rings. The Morgan fingerprint density at radius 1 is 1.10 bits per heavy atom. The van der Waals surface area contributed by atoms with E-state index in [9.17, 15) is 14.7 Å². The number of methoxy groups -OCH3 is 2. The Hall–Kier alpha value is -3.32. The van der Waals surface area contributed by atoms with Crippen molar-refractivity contribution < 1.29 is 28.9 Å². The lowest BCUT2D eigenvalue weighted by atomic mass is 9.95. The molecule has 0 radical (unpaired) electrons. The van der Waals surface area contributed by atoms with Gasteiger partial charge in [0.25, 0.3) is 11.7 Å². The Balaban J connectivity index is 1.81. The first-order valence-electron chi connectivity index (χ1n) is 10.2. The van der Waals surface area contributed by atoms with E-state index in [0.717, 1.165) is 12.8 Å². The normalized spacial score (nSPS) is 22.7. The van der Waals surface area contributed by atoms with E-state index in [1.165, 1.54) is 4.90 Å². The van der Waals surface area contributed by atoms with Gasteiger partial charge in [-0.25, -0.2) is 0 Å². The molecule has 0 aliphatic carbocycles. The number of Topliss-reactive ketones (excluding diaryl/α,β-unsaturated/α-hetero) is 1. The van der Waals surface area contributed by atoms with Gasteiger partial charge in [0.05, 0.1) is 31.9 Å². The Bertz CT molecular complexity index is 1010. The van der Waals surface area contributed by atoms with Gasteiger partial charge >= 0.3 is 0 Å². The van der Waals surface area contributed by atoms with Crippen LogP contribution in [0.2, 0.25) is 0 Å². The number of aliphatic hydroxyl groups excluding tert-OH is 1. The Morgan fingerprint density at radius 2 is 1.84 bits per heavy atom. The van der Waals surface area contributed by atoms with Crippen LogP contribution in [0.4, 0.5) is 0 Å². The summed E-state index contributed by atoms with van der Waals surface area (Å²) >= 11 is 0. The van der Waals surface area contributed by atoms with Crippen LogP contribution in [-0.4, -0.2) is 55.2 Å². The van der Waals surface area contributed by atoms with Gasteiger partial charge in [-0.15, -0.1) is 0 Å². The van der Waals surface area contributed by atoms with Gasteiger partial charge in [0.1, 0.15) is 17.3 Å². The predicted octanol–water partition coefficient (Wildman–Crippen LogP) is 3.30. The van der Waals surface area contributed by atoms with Gasteiger partial charge in [0.15, 0.2) is 0 Å². The van der Waals surface area contributed by atoms with Crippen molar-refractivity contribution in [2.75, 3.05) is 27.4 Å². The molecule has 0 unspecified atom stereocenters. The molecule has 0 spiro atoms. The van der Waals surface area contributed by atoms with Crippen LogP contribution in [-0.2, 0) is 14.3 Å². The summed E-state index contributed by atoms with van der Waals surface area (Å²) < 4.78 is 16.2. The molecule has 2 saturated heterocycles. The molecule has 2 aliphatic heterocycles. The van der Waals surface area contributed by atoms with Gasteiger partial charge in [-0.2, -0.15) is 0 Å². The van der Waals surface area contributed by atoms with Gasteiger partial charge in [0.2, 0.25) is 0 Å². The quantitative estimate of drug-likeness (QED) is 0.436. The van der Waals surface area contributed by atoms with Crippen LogP contribution in [0.3, 0.4) is 0 Å². The van der Waals surface area contributed by atoms with E-state index in [1.54, 1.807) is 56.7 Å². The molecule has 0 saturated carbocycles. The number of hydrogen-bond acceptors (Lipinski definition) is 6. The smallest absolute Gasteiger partial charge is 0.295 e. The minimum atomic E-state index is -0.735. The molecule has 7 nitrogen and oxygen atoms in total. The summed E-state index contributed by atoms with van der Waals surface area (Å²) in [6.07, 6.45) is 1.61. The molecule has 0 aromatic heterocycles. The van der Waals surface area contributed by atoms with E-state index in [1.807, 2.05) is 6.07 Å². The third-order valence-corrected chi connectivity index (χ3v) is 5.74. The Morgan fingerprint density at radius 3 is 2.48 bits per heavy atom. The van der Waals surface area contributed by atoms with Gasteiger partial charge in [-0.3, -0.25) is 9.59 Å². The standard InChI is InChI=1S/C24H25NO6/c1-29-17-10-8-15(9-11-17)22(26)20-21(16-5-3-6-18(13-16)30-2)25(24(28)23(20)27)14-19-7-4-12-31-19/h3,5-6,8-11,13,19,21,26H,4,7,12,14H2,1-2H3/b22-20+/t19-,21+/m0/s1. The highest BCUT2D eigenvalue weighted by molar-refractivity contribution is 6.46. The second-order valence-corrected chi connectivity index (χ2v) is 7.59. The molecule has 2 atom stereocenters. The number of benzene rings is 2. The molecular weight excluding hydrogens is 398 g/mol. The van der Waals surface area contributed by atoms with Crippen LogP contribution in [0.25, 0.3) is 5.76 Å². The number of aliphatic hydroxyl groups is 1. The SMILES string of the molecule is COc1ccc(/C(O)=C2\C(=O)C(=O)N(C[C@@H]3CCCO3)[C@@H]2c2cccc(OC)c2)cc1. The highest BCUT2D eigenvalue weighted by Crippen LogP contribution is 2.41. The average Bonchev–Trinajstić information content (AvgIpc) is 3.41. The number of likely N-dealkylation sites (tertiary alicyclic amines) is 1. The topological polar surface area (TPSA) is 85.3 Å². The van der Waals surface area contributed by atoms with E-state index in [0.29, 0.717) is 29.2 Å². The number of ether oxygens (including phenoxy) is 3. The molecule has 2 heterocycles. The first-order chi connectivity index (χ1) is 15.0. The number of ketones is 1. The maximum absolute atomic E-state index is 13.1. The summed E-state index contributed by atoms with van der Waals surface area (Å²) in [4.78, 5) is 27.6. The van der Waals surface area contributed by atoms with Crippen molar-refractivity contribution in [3.05, 3.63) is 65.2 Å². The van der Waals surface area contributed by atoms with E-state index >= 15 is 0 Å². The Labute approximate surface area is 180 Å². The summed E-state index contributed by atoms with van der Waals surface area (Å²) in [7, 11) is 3.11. The van der Waals surface area contributed by atoms with Crippen molar-refractivity contribution in [2.45, 2.75) is 25.0 Å². The van der Waals surface area contributed by atoms with Crippen LogP contribution >= 0.6 is 0 Å². The third kappa shape index (κ3) is 4.01. The number of hydrogen-bond donors (Lipinski definition) is 1. The molecule has 2 aromatic carbocycles. The lowest BCUT2D eigenvalue weighted by Gasteiger charge is -2.27. The zero-order valence-corrected chi connectivity index (χ0v) is 17.5. The minimum absolute atomic E-state index is 0.0569. The van der Waals surface area contributed by atoms with Crippen molar-refractivity contribution >= 4 is 17.4 Å². The number of carbonyl (C=O) groups excluding carboxylic acids is 2. The van der Waals surface area contributed by atoms with Gasteiger partial charge in [0, 0.05) is 18.7 Å². The molecule has 2 aliphatic rings. The van der Waals surface area contributed by atoms with Crippen LogP contribution in [0, 0.1) is 0 Å². The summed E-state index contributed by atoms with van der Waals surface area (Å²) in [5.41, 5.74) is 1.18. The number of amides is 1. The van der Waals surface area contributed by atoms with E-state index in [4.69, 9.17) is 14.2 Å². The molecule has 2 aromatic rings. The van der Waals surface area contributed by atoms with Crippen molar-refractivity contribution in [1.29, 1.82) is 0 Å². The minimum Gasteiger partial charge on any atom is -0.507 e. The second-order valence-electron chi connectivity index (χ2n) is 7.59. The molecule has 162 valence electrons. The lowest BCUT2D eigenvalue weighted by molar-refractivity contribution is -0.140. The second kappa shape index (κ2) is 8.81. The van der Waals surface area contributed by atoms with Gasteiger partial charge in [-0.05, 0) is 54.8 Å². The first-order valence-corrected chi connectivity index (χ1v) is 10.2. The maximum atomic E-state index is 13.1. The van der Waals surface area contributed by atoms with Crippen LogP contribution in [0.1, 0.15) is 30.0 Å². The third-order valence-electron chi connectivity index (χ3n) is 5.74. The number of nitrogens with zero attached hydrogens (tertiary/aromatic N) is 1. The number of carbonyl (C=O) groups is 2. The average molecular weight is 423 g/mol. The molecule has 1 N–H and O–H groups in total.